The number of hydrogen-bond acceptors (Lipinski definition) is 3. The molecule has 0 atom stereocenters. The maximum atomic E-state index is 12.5. The van der Waals surface area contributed by atoms with Crippen LogP contribution in [0.3, 0.4) is 0 Å². The van der Waals surface area contributed by atoms with Crippen LogP contribution in [-0.4, -0.2) is 56.5 Å². The number of likely N-dealkylation sites (N-methyl/N-ethyl adjacent to an activating group) is 2. The van der Waals surface area contributed by atoms with Crippen LogP contribution >= 0.6 is 12.4 Å². The third-order valence-electron chi connectivity index (χ3n) is 3.15. The number of carbonyl (C=O) groups excluding carboxylic acids is 1. The van der Waals surface area contributed by atoms with Gasteiger partial charge in [-0.25, -0.2) is 0 Å². The van der Waals surface area contributed by atoms with E-state index in [1.54, 1.807) is 11.9 Å². The van der Waals surface area contributed by atoms with Gasteiger partial charge in [0.1, 0.15) is 0 Å². The molecule has 0 fully saturated rings. The lowest BCUT2D eigenvalue weighted by Crippen LogP contribution is -2.40. The van der Waals surface area contributed by atoms with Crippen molar-refractivity contribution < 1.29 is 18.0 Å². The summed E-state index contributed by atoms with van der Waals surface area (Å²) in [5, 5.41) is 2.80. The Balaban J connectivity index is 0.00000484. The standard InChI is InChI=1S/C15H22F3N3O.ClH/c1-19-10-14(22)21(9-8-20(2)3)11-12-4-6-13(7-5-12)15(16,17)18;/h4-7,19H,8-11H2,1-3H3;1H. The lowest BCUT2D eigenvalue weighted by molar-refractivity contribution is -0.137. The summed E-state index contributed by atoms with van der Waals surface area (Å²) in [5.74, 6) is -0.0794. The lowest BCUT2D eigenvalue weighted by atomic mass is 10.1. The van der Waals surface area contributed by atoms with Crippen molar-refractivity contribution in [3.8, 4) is 0 Å². The van der Waals surface area contributed by atoms with Gasteiger partial charge in [-0.05, 0) is 38.8 Å². The molecule has 0 aliphatic rings. The van der Waals surface area contributed by atoms with Gasteiger partial charge in [0.15, 0.2) is 0 Å². The molecule has 0 unspecified atom stereocenters. The Morgan fingerprint density at radius 1 is 1.13 bits per heavy atom. The van der Waals surface area contributed by atoms with Gasteiger partial charge in [0.2, 0.25) is 5.91 Å². The highest BCUT2D eigenvalue weighted by atomic mass is 35.5. The van der Waals surface area contributed by atoms with Crippen LogP contribution in [0.15, 0.2) is 24.3 Å². The average molecular weight is 354 g/mol. The molecule has 1 aromatic carbocycles. The van der Waals surface area contributed by atoms with E-state index in [4.69, 9.17) is 0 Å². The van der Waals surface area contributed by atoms with Crippen molar-refractivity contribution in [1.82, 2.24) is 15.1 Å². The first-order valence-corrected chi connectivity index (χ1v) is 6.97. The number of halogens is 4. The molecule has 8 heteroatoms. The summed E-state index contributed by atoms with van der Waals surface area (Å²) in [6.07, 6.45) is -4.34. The first kappa shape index (κ1) is 21.7. The minimum atomic E-state index is -4.34. The molecule has 0 aromatic heterocycles. The van der Waals surface area contributed by atoms with Crippen LogP contribution in [0.5, 0.6) is 0 Å². The number of hydrogen-bond donors (Lipinski definition) is 1. The van der Waals surface area contributed by atoms with E-state index in [0.29, 0.717) is 25.2 Å². The topological polar surface area (TPSA) is 35.6 Å². The second kappa shape index (κ2) is 9.75. The highest BCUT2D eigenvalue weighted by Gasteiger charge is 2.30. The summed E-state index contributed by atoms with van der Waals surface area (Å²) < 4.78 is 37.6. The Hall–Kier alpha value is -1.31. The van der Waals surface area contributed by atoms with Gasteiger partial charge in [0.25, 0.3) is 0 Å². The average Bonchev–Trinajstić information content (AvgIpc) is 2.43. The van der Waals surface area contributed by atoms with Crippen LogP contribution in [-0.2, 0) is 17.5 Å². The molecule has 23 heavy (non-hydrogen) atoms. The van der Waals surface area contributed by atoms with Crippen LogP contribution in [0.2, 0.25) is 0 Å². The molecule has 0 saturated heterocycles. The van der Waals surface area contributed by atoms with Crippen LogP contribution in [0.1, 0.15) is 11.1 Å². The van der Waals surface area contributed by atoms with Crippen molar-refractivity contribution >= 4 is 18.3 Å². The van der Waals surface area contributed by atoms with Gasteiger partial charge in [0.05, 0.1) is 12.1 Å². The predicted molar refractivity (Wildman–Crippen MR) is 86.6 cm³/mol. The smallest absolute Gasteiger partial charge is 0.336 e. The van der Waals surface area contributed by atoms with Crippen molar-refractivity contribution in [2.24, 2.45) is 0 Å². The van der Waals surface area contributed by atoms with Crippen LogP contribution in [0.4, 0.5) is 13.2 Å². The first-order valence-electron chi connectivity index (χ1n) is 6.97. The molecule has 0 heterocycles. The van der Waals surface area contributed by atoms with Gasteiger partial charge in [0, 0.05) is 19.6 Å². The molecule has 1 aromatic rings. The van der Waals surface area contributed by atoms with Gasteiger partial charge in [-0.1, -0.05) is 12.1 Å². The van der Waals surface area contributed by atoms with Gasteiger partial charge < -0.3 is 15.1 Å². The zero-order valence-corrected chi connectivity index (χ0v) is 14.3. The predicted octanol–water partition coefficient (Wildman–Crippen LogP) is 2.24. The highest BCUT2D eigenvalue weighted by Crippen LogP contribution is 2.29. The monoisotopic (exact) mass is 353 g/mol. The molecule has 1 N–H and O–H groups in total. The molecule has 0 bridgehead atoms. The summed E-state index contributed by atoms with van der Waals surface area (Å²) in [6.45, 7) is 1.71. The summed E-state index contributed by atoms with van der Waals surface area (Å²) in [5.41, 5.74) is -0.00569. The highest BCUT2D eigenvalue weighted by molar-refractivity contribution is 5.85. The van der Waals surface area contributed by atoms with Crippen LogP contribution in [0, 0.1) is 0 Å². The molecule has 0 aliphatic carbocycles. The number of amides is 1. The minimum Gasteiger partial charge on any atom is -0.336 e. The second-order valence-corrected chi connectivity index (χ2v) is 5.34. The van der Waals surface area contributed by atoms with E-state index in [1.165, 1.54) is 12.1 Å². The third-order valence-corrected chi connectivity index (χ3v) is 3.15. The van der Waals surface area contributed by atoms with Gasteiger partial charge in [-0.2, -0.15) is 13.2 Å². The minimum absolute atomic E-state index is 0. The largest absolute Gasteiger partial charge is 0.416 e. The summed E-state index contributed by atoms with van der Waals surface area (Å²) in [7, 11) is 5.48. The molecular formula is C15H23ClF3N3O. The van der Waals surface area contributed by atoms with E-state index < -0.39 is 11.7 Å². The maximum Gasteiger partial charge on any atom is 0.416 e. The molecule has 1 amide bonds. The van der Waals surface area contributed by atoms with Gasteiger partial charge >= 0.3 is 6.18 Å². The van der Waals surface area contributed by atoms with E-state index >= 15 is 0 Å². The Labute approximate surface area is 141 Å². The van der Waals surface area contributed by atoms with E-state index in [2.05, 4.69) is 5.32 Å². The fourth-order valence-electron chi connectivity index (χ4n) is 1.90. The van der Waals surface area contributed by atoms with Crippen molar-refractivity contribution in [1.29, 1.82) is 0 Å². The van der Waals surface area contributed by atoms with E-state index in [9.17, 15) is 18.0 Å². The maximum absolute atomic E-state index is 12.5. The number of carbonyl (C=O) groups is 1. The number of rotatable bonds is 7. The van der Waals surface area contributed by atoms with Crippen molar-refractivity contribution in [3.63, 3.8) is 0 Å². The van der Waals surface area contributed by atoms with Crippen molar-refractivity contribution in [2.75, 3.05) is 40.8 Å². The first-order chi connectivity index (χ1) is 10.2. The summed E-state index contributed by atoms with van der Waals surface area (Å²) in [4.78, 5) is 15.6. The fourth-order valence-corrected chi connectivity index (χ4v) is 1.90. The number of alkyl halides is 3. The van der Waals surface area contributed by atoms with Crippen molar-refractivity contribution in [2.45, 2.75) is 12.7 Å². The molecule has 0 aliphatic heterocycles. The molecular weight excluding hydrogens is 331 g/mol. The Bertz CT molecular complexity index is 478. The molecule has 4 nitrogen and oxygen atoms in total. The molecule has 0 radical (unpaired) electrons. The lowest BCUT2D eigenvalue weighted by Gasteiger charge is -2.24. The summed E-state index contributed by atoms with van der Waals surface area (Å²) in [6, 6.07) is 4.92. The van der Waals surface area contributed by atoms with E-state index in [0.717, 1.165) is 12.1 Å². The second-order valence-electron chi connectivity index (χ2n) is 5.34. The van der Waals surface area contributed by atoms with Crippen LogP contribution < -0.4 is 5.32 Å². The van der Waals surface area contributed by atoms with Gasteiger partial charge in [-0.15, -0.1) is 12.4 Å². The number of nitrogens with zero attached hydrogens (tertiary/aromatic N) is 2. The Morgan fingerprint density at radius 2 is 1.70 bits per heavy atom. The van der Waals surface area contributed by atoms with E-state index in [1.807, 2.05) is 19.0 Å². The quantitative estimate of drug-likeness (QED) is 0.816. The van der Waals surface area contributed by atoms with Gasteiger partial charge in [-0.3, -0.25) is 4.79 Å². The molecule has 0 spiro atoms. The summed E-state index contributed by atoms with van der Waals surface area (Å²) >= 11 is 0. The zero-order valence-electron chi connectivity index (χ0n) is 13.5. The van der Waals surface area contributed by atoms with Crippen molar-refractivity contribution in [3.05, 3.63) is 35.4 Å². The number of benzene rings is 1. The SMILES string of the molecule is CNCC(=O)N(CCN(C)C)Cc1ccc(C(F)(F)F)cc1.Cl. The molecule has 1 rings (SSSR count). The number of nitrogens with one attached hydrogen (secondary N) is 1. The normalized spacial score (nSPS) is 11.3. The molecule has 0 saturated carbocycles. The van der Waals surface area contributed by atoms with E-state index in [-0.39, 0.29) is 24.9 Å². The fraction of sp³-hybridized carbons (Fsp3) is 0.533. The molecule has 132 valence electrons. The Kier molecular flexibility index (Phi) is 9.19. The Morgan fingerprint density at radius 3 is 2.13 bits per heavy atom. The third kappa shape index (κ3) is 7.67. The zero-order chi connectivity index (χ0) is 16.8. The van der Waals surface area contributed by atoms with Crippen LogP contribution in [0.25, 0.3) is 0 Å².